The Morgan fingerprint density at radius 1 is 1.67 bits per heavy atom. The summed E-state index contributed by atoms with van der Waals surface area (Å²) in [5, 5.41) is 7.42. The van der Waals surface area contributed by atoms with Crippen LogP contribution >= 0.6 is 0 Å². The van der Waals surface area contributed by atoms with Crippen molar-refractivity contribution in [2.45, 2.75) is 6.92 Å². The Morgan fingerprint density at radius 2 is 1.67 bits per heavy atom. The van der Waals surface area contributed by atoms with Crippen LogP contribution in [-0.2, 0) is 4.79 Å². The van der Waals surface area contributed by atoms with Crippen molar-refractivity contribution in [1.29, 1.82) is 0 Å². The van der Waals surface area contributed by atoms with E-state index in [0.29, 0.717) is 0 Å². The summed E-state index contributed by atoms with van der Waals surface area (Å²) in [4.78, 5) is 9.00. The van der Waals surface area contributed by atoms with Crippen LogP contribution < -0.4 is 0 Å². The van der Waals surface area contributed by atoms with Gasteiger partial charge in [0.25, 0.3) is 5.97 Å². The summed E-state index contributed by atoms with van der Waals surface area (Å²) in [7, 11) is 0. The van der Waals surface area contributed by atoms with E-state index in [0.717, 1.165) is 6.92 Å². The molecule has 1 N–H and O–H groups in total. The standard InChI is InChI=1S/C2H4O2.Al.Na.4H/c1-2(3)4;;;;;;/h1H3,(H,3,4);;;;;;. The van der Waals surface area contributed by atoms with Gasteiger partial charge in [-0.25, -0.2) is 0 Å². The zero-order chi connectivity index (χ0) is 3.58. The van der Waals surface area contributed by atoms with Gasteiger partial charge in [-0.3, -0.25) is 4.79 Å². The van der Waals surface area contributed by atoms with Crippen LogP contribution in [0.1, 0.15) is 6.92 Å². The molecule has 0 aliphatic carbocycles. The molecule has 0 aliphatic heterocycles. The van der Waals surface area contributed by atoms with Gasteiger partial charge < -0.3 is 5.11 Å². The van der Waals surface area contributed by atoms with Crippen LogP contribution in [0.5, 0.6) is 0 Å². The molecule has 0 heterocycles. The van der Waals surface area contributed by atoms with Crippen molar-refractivity contribution in [2.75, 3.05) is 0 Å². The van der Waals surface area contributed by atoms with E-state index in [1.807, 2.05) is 0 Å². The van der Waals surface area contributed by atoms with E-state index in [1.165, 1.54) is 0 Å². The van der Waals surface area contributed by atoms with E-state index in [-0.39, 0.29) is 46.9 Å². The molecule has 2 nitrogen and oxygen atoms in total. The maximum atomic E-state index is 9.00. The number of hydrogen-bond acceptors (Lipinski definition) is 1. The molecule has 0 unspecified atom stereocenters. The SMILES string of the molecule is CC(=O)O.[AlH3].[NaH]. The number of rotatable bonds is 0. The molecule has 32 valence electrons. The molecule has 0 saturated carbocycles. The average molecular weight is 114 g/mol. The molecule has 6 heavy (non-hydrogen) atoms. The van der Waals surface area contributed by atoms with E-state index < -0.39 is 5.97 Å². The van der Waals surface area contributed by atoms with Crippen LogP contribution in [0.2, 0.25) is 0 Å². The maximum absolute atomic E-state index is 9.00. The van der Waals surface area contributed by atoms with Crippen molar-refractivity contribution in [3.05, 3.63) is 0 Å². The number of aliphatic carboxylic acids is 1. The second kappa shape index (κ2) is 9.38. The summed E-state index contributed by atoms with van der Waals surface area (Å²) in [6.45, 7) is 1.08. The van der Waals surface area contributed by atoms with E-state index in [9.17, 15) is 0 Å². The quantitative estimate of drug-likeness (QED) is 0.379. The van der Waals surface area contributed by atoms with Crippen LogP contribution in [0.15, 0.2) is 0 Å². The van der Waals surface area contributed by atoms with Crippen molar-refractivity contribution in [1.82, 2.24) is 0 Å². The average Bonchev–Trinajstić information content (AvgIpc) is 0.811. The predicted octanol–water partition coefficient (Wildman–Crippen LogP) is -1.74. The summed E-state index contributed by atoms with van der Waals surface area (Å²) in [6.07, 6.45) is 0. The van der Waals surface area contributed by atoms with Crippen LogP contribution in [-0.4, -0.2) is 58.0 Å². The first-order chi connectivity index (χ1) is 1.73. The summed E-state index contributed by atoms with van der Waals surface area (Å²) in [5.41, 5.74) is 0. The summed E-state index contributed by atoms with van der Waals surface area (Å²) in [5.74, 6) is -0.833. The number of hydrogen-bond donors (Lipinski definition) is 1. The third-order valence-electron chi connectivity index (χ3n) is 0. The minimum atomic E-state index is -0.833. The summed E-state index contributed by atoms with van der Waals surface area (Å²) < 4.78 is 0. The van der Waals surface area contributed by atoms with Gasteiger partial charge in [-0.1, -0.05) is 0 Å². The zero-order valence-corrected chi connectivity index (χ0v) is 2.36. The Balaban J connectivity index is -0.0000000450. The molecular formula is C2H8AlNaO2. The van der Waals surface area contributed by atoms with Gasteiger partial charge in [-0.05, 0) is 0 Å². The zero-order valence-electron chi connectivity index (χ0n) is 2.36. The monoisotopic (exact) mass is 114 g/mol. The van der Waals surface area contributed by atoms with Gasteiger partial charge in [0, 0.05) is 6.92 Å². The fourth-order valence-electron chi connectivity index (χ4n) is 0. The van der Waals surface area contributed by atoms with Gasteiger partial charge >= 0.3 is 29.6 Å². The van der Waals surface area contributed by atoms with Crippen LogP contribution in [0, 0.1) is 0 Å². The molecule has 0 saturated heterocycles. The normalized spacial score (nSPS) is 4.17. The first kappa shape index (κ1) is 15.7. The Kier molecular flexibility index (Phi) is 24.6. The van der Waals surface area contributed by atoms with Gasteiger partial charge in [0.05, 0.1) is 0 Å². The molecule has 0 bridgehead atoms. The Labute approximate surface area is 69.3 Å². The molecule has 0 fully saturated rings. The molecular weight excluding hydrogens is 106 g/mol. The van der Waals surface area contributed by atoms with Crippen molar-refractivity contribution in [2.24, 2.45) is 0 Å². The van der Waals surface area contributed by atoms with Gasteiger partial charge in [0.15, 0.2) is 17.4 Å². The number of carbonyl (C=O) groups is 1. The molecule has 0 amide bonds. The Bertz CT molecular complexity index is 34.5. The molecule has 0 aliphatic rings. The van der Waals surface area contributed by atoms with Crippen molar-refractivity contribution < 1.29 is 9.90 Å². The molecule has 4 heteroatoms. The van der Waals surface area contributed by atoms with E-state index in [4.69, 9.17) is 9.90 Å². The minimum absolute atomic E-state index is 0. The van der Waals surface area contributed by atoms with E-state index >= 15 is 0 Å². The van der Waals surface area contributed by atoms with Gasteiger partial charge in [-0.2, -0.15) is 0 Å². The fraction of sp³-hybridized carbons (Fsp3) is 0.500. The van der Waals surface area contributed by atoms with E-state index in [2.05, 4.69) is 0 Å². The first-order valence-corrected chi connectivity index (χ1v) is 0.928. The van der Waals surface area contributed by atoms with Gasteiger partial charge in [0.2, 0.25) is 0 Å². The van der Waals surface area contributed by atoms with Crippen molar-refractivity contribution in [3.63, 3.8) is 0 Å². The molecule has 0 spiro atoms. The number of carboxylic acid groups (broad SMARTS) is 1. The van der Waals surface area contributed by atoms with Crippen molar-refractivity contribution >= 4 is 52.9 Å². The van der Waals surface area contributed by atoms with Crippen LogP contribution in [0.25, 0.3) is 0 Å². The summed E-state index contributed by atoms with van der Waals surface area (Å²) in [6, 6.07) is 0. The Hall–Kier alpha value is 1.00. The molecule has 0 atom stereocenters. The third-order valence-corrected chi connectivity index (χ3v) is 0. The summed E-state index contributed by atoms with van der Waals surface area (Å²) >= 11 is 0. The predicted molar refractivity (Wildman–Crippen MR) is 30.4 cm³/mol. The van der Waals surface area contributed by atoms with Gasteiger partial charge in [0.1, 0.15) is 0 Å². The molecule has 0 radical (unpaired) electrons. The van der Waals surface area contributed by atoms with Crippen molar-refractivity contribution in [3.8, 4) is 0 Å². The van der Waals surface area contributed by atoms with Crippen LogP contribution in [0.4, 0.5) is 0 Å². The second-order valence-corrected chi connectivity index (χ2v) is 0.519. The molecule has 0 aromatic heterocycles. The van der Waals surface area contributed by atoms with Gasteiger partial charge in [-0.15, -0.1) is 0 Å². The third kappa shape index (κ3) is 79.7. The van der Waals surface area contributed by atoms with E-state index in [1.54, 1.807) is 0 Å². The fourth-order valence-corrected chi connectivity index (χ4v) is 0. The topological polar surface area (TPSA) is 37.3 Å². The molecule has 0 rings (SSSR count). The number of carboxylic acids is 1. The first-order valence-electron chi connectivity index (χ1n) is 0.928. The Morgan fingerprint density at radius 3 is 1.67 bits per heavy atom. The second-order valence-electron chi connectivity index (χ2n) is 0.519. The molecule has 0 aromatic rings. The molecule has 0 aromatic carbocycles. The van der Waals surface area contributed by atoms with Crippen LogP contribution in [0.3, 0.4) is 0 Å².